The van der Waals surface area contributed by atoms with Crippen LogP contribution in [0.4, 0.5) is 14.9 Å². The Morgan fingerprint density at radius 2 is 1.90 bits per heavy atom. The minimum Gasteiger partial charge on any atom is -0.465 e. The maximum absolute atomic E-state index is 14.3. The monoisotopic (exact) mass is 626 g/mol. The number of imide groups is 1. The Morgan fingerprint density at radius 3 is 2.69 bits per heavy atom. The van der Waals surface area contributed by atoms with Gasteiger partial charge in [0.1, 0.15) is 12.3 Å². The zero-order chi connectivity index (χ0) is 30.0. The zero-order valence-electron chi connectivity index (χ0n) is 21.4. The number of hydrogen-bond acceptors (Lipinski definition) is 9. The van der Waals surface area contributed by atoms with E-state index >= 15 is 0 Å². The molecule has 10 nitrogen and oxygen atoms in total. The van der Waals surface area contributed by atoms with Crippen molar-refractivity contribution in [2.24, 2.45) is 0 Å². The second-order valence-corrected chi connectivity index (χ2v) is 10.3. The number of anilines is 1. The van der Waals surface area contributed by atoms with Gasteiger partial charge in [0.05, 0.1) is 28.8 Å². The van der Waals surface area contributed by atoms with Gasteiger partial charge in [-0.1, -0.05) is 41.9 Å². The Bertz CT molecular complexity index is 1820. The number of benzene rings is 3. The molecule has 1 saturated heterocycles. The van der Waals surface area contributed by atoms with Gasteiger partial charge in [0.25, 0.3) is 17.0 Å². The van der Waals surface area contributed by atoms with Crippen molar-refractivity contribution >= 4 is 80.5 Å². The summed E-state index contributed by atoms with van der Waals surface area (Å²) in [5.41, 5.74) is 0.610. The van der Waals surface area contributed by atoms with Crippen LogP contribution in [0.3, 0.4) is 0 Å². The second-order valence-electron chi connectivity index (χ2n) is 8.59. The van der Waals surface area contributed by atoms with Gasteiger partial charge in [-0.15, -0.1) is 0 Å². The van der Waals surface area contributed by atoms with Crippen LogP contribution < -0.4 is 10.1 Å². The van der Waals surface area contributed by atoms with Gasteiger partial charge in [0.15, 0.2) is 0 Å². The van der Waals surface area contributed by atoms with E-state index in [1.165, 1.54) is 31.4 Å². The van der Waals surface area contributed by atoms with Crippen LogP contribution in [0.1, 0.15) is 15.9 Å². The Kier molecular flexibility index (Phi) is 8.39. The predicted octanol–water partition coefficient (Wildman–Crippen LogP) is 6.33. The molecule has 1 aromatic heterocycles. The summed E-state index contributed by atoms with van der Waals surface area (Å²) in [6.45, 7) is -0.596. The molecule has 0 radical (unpaired) electrons. The van der Waals surface area contributed by atoms with Crippen LogP contribution in [0.2, 0.25) is 10.3 Å². The van der Waals surface area contributed by atoms with Crippen molar-refractivity contribution in [1.82, 2.24) is 14.9 Å². The fourth-order valence-electron chi connectivity index (χ4n) is 4.00. The van der Waals surface area contributed by atoms with Crippen molar-refractivity contribution in [3.63, 3.8) is 0 Å². The van der Waals surface area contributed by atoms with E-state index in [1.807, 2.05) is 12.1 Å². The molecule has 1 N–H and O–H groups in total. The highest BCUT2D eigenvalue weighted by molar-refractivity contribution is 8.18. The Balaban J connectivity index is 1.41. The fourth-order valence-corrected chi connectivity index (χ4v) is 5.14. The largest absolute Gasteiger partial charge is 0.465 e. The standard InChI is InChI=1S/C28H17Cl2FN4O6S/c1-40-26(38)18-10-15(7-8-19(18)29)33-23(36)13-35-25(37)22(42-28(35)39)11-17-16-5-3-2-4-14(16)6-9-21(17)41-24-20(31)12-32-27(30)34-24/h2-12H,13H2,1H3,(H,33,36)/b22-11+. The van der Waals surface area contributed by atoms with Crippen LogP contribution in [0.25, 0.3) is 16.8 Å². The number of carbonyl (C=O) groups is 4. The predicted molar refractivity (Wildman–Crippen MR) is 155 cm³/mol. The molecule has 3 amide bonds. The van der Waals surface area contributed by atoms with Crippen molar-refractivity contribution in [2.45, 2.75) is 0 Å². The van der Waals surface area contributed by atoms with E-state index in [0.717, 1.165) is 16.5 Å². The molecule has 14 heteroatoms. The van der Waals surface area contributed by atoms with E-state index in [1.54, 1.807) is 24.3 Å². The molecule has 0 saturated carbocycles. The lowest BCUT2D eigenvalue weighted by Crippen LogP contribution is -2.36. The summed E-state index contributed by atoms with van der Waals surface area (Å²) in [6.07, 6.45) is 2.30. The molecular weight excluding hydrogens is 610 g/mol. The Morgan fingerprint density at radius 1 is 1.12 bits per heavy atom. The number of esters is 1. The number of thioether (sulfide) groups is 1. The number of rotatable bonds is 7. The first-order valence-corrected chi connectivity index (χ1v) is 13.5. The van der Waals surface area contributed by atoms with Crippen LogP contribution in [0.5, 0.6) is 11.6 Å². The van der Waals surface area contributed by atoms with Crippen molar-refractivity contribution in [3.05, 3.63) is 92.9 Å². The number of aromatic nitrogens is 2. The number of fused-ring (bicyclic) bond motifs is 1. The molecule has 0 spiro atoms. The summed E-state index contributed by atoms with van der Waals surface area (Å²) >= 11 is 12.4. The summed E-state index contributed by atoms with van der Waals surface area (Å²) in [6, 6.07) is 14.7. The van der Waals surface area contributed by atoms with Gasteiger partial charge < -0.3 is 14.8 Å². The van der Waals surface area contributed by atoms with Gasteiger partial charge in [-0.3, -0.25) is 19.3 Å². The number of nitrogens with one attached hydrogen (secondary N) is 1. The normalized spacial score (nSPS) is 14.0. The van der Waals surface area contributed by atoms with Crippen molar-refractivity contribution < 1.29 is 33.0 Å². The van der Waals surface area contributed by atoms with Crippen LogP contribution in [0.15, 0.2) is 65.7 Å². The first-order chi connectivity index (χ1) is 20.1. The molecule has 4 aromatic rings. The van der Waals surface area contributed by atoms with Crippen molar-refractivity contribution in [1.29, 1.82) is 0 Å². The van der Waals surface area contributed by atoms with Crippen LogP contribution >= 0.6 is 35.0 Å². The van der Waals surface area contributed by atoms with Crippen molar-refractivity contribution in [2.75, 3.05) is 19.0 Å². The lowest BCUT2D eigenvalue weighted by Gasteiger charge is -2.14. The molecule has 0 aliphatic carbocycles. The van der Waals surface area contributed by atoms with E-state index in [-0.39, 0.29) is 32.2 Å². The highest BCUT2D eigenvalue weighted by Crippen LogP contribution is 2.38. The highest BCUT2D eigenvalue weighted by atomic mass is 35.5. The molecule has 42 heavy (non-hydrogen) atoms. The maximum Gasteiger partial charge on any atom is 0.339 e. The summed E-state index contributed by atoms with van der Waals surface area (Å²) in [5, 5.41) is 3.18. The average molecular weight is 627 g/mol. The summed E-state index contributed by atoms with van der Waals surface area (Å²) in [5.74, 6) is -3.26. The summed E-state index contributed by atoms with van der Waals surface area (Å²) < 4.78 is 24.7. The molecule has 5 rings (SSSR count). The topological polar surface area (TPSA) is 128 Å². The van der Waals surface area contributed by atoms with Gasteiger partial charge in [-0.05, 0) is 64.5 Å². The lowest BCUT2D eigenvalue weighted by molar-refractivity contribution is -0.127. The third-order valence-electron chi connectivity index (χ3n) is 5.93. The summed E-state index contributed by atoms with van der Waals surface area (Å²) in [7, 11) is 1.19. The van der Waals surface area contributed by atoms with Crippen LogP contribution in [-0.2, 0) is 14.3 Å². The maximum atomic E-state index is 14.3. The SMILES string of the molecule is COC(=O)c1cc(NC(=O)CN2C(=O)S/C(=C/c3c(Oc4nc(Cl)ncc4F)ccc4ccccc34)C2=O)ccc1Cl. The number of hydrogen-bond donors (Lipinski definition) is 1. The number of ether oxygens (including phenoxy) is 2. The first-order valence-electron chi connectivity index (χ1n) is 12.0. The lowest BCUT2D eigenvalue weighted by atomic mass is 10.0. The molecular formula is C28H17Cl2FN4O6S. The molecule has 3 aromatic carbocycles. The number of halogens is 3. The first kappa shape index (κ1) is 29.0. The number of amides is 3. The third-order valence-corrected chi connectivity index (χ3v) is 7.35. The molecule has 2 heterocycles. The van der Waals surface area contributed by atoms with E-state index in [4.69, 9.17) is 27.9 Å². The zero-order valence-corrected chi connectivity index (χ0v) is 23.7. The molecule has 0 bridgehead atoms. The van der Waals surface area contributed by atoms with Crippen LogP contribution in [0, 0.1) is 5.82 Å². The van der Waals surface area contributed by atoms with E-state index in [9.17, 15) is 23.6 Å². The number of carbonyl (C=O) groups excluding carboxylic acids is 4. The smallest absolute Gasteiger partial charge is 0.339 e. The van der Waals surface area contributed by atoms with Crippen molar-refractivity contribution in [3.8, 4) is 11.6 Å². The van der Waals surface area contributed by atoms with E-state index < -0.39 is 41.3 Å². The Hall–Kier alpha value is -4.52. The van der Waals surface area contributed by atoms with Gasteiger partial charge in [-0.25, -0.2) is 9.78 Å². The van der Waals surface area contributed by atoms with E-state index in [0.29, 0.717) is 22.7 Å². The fraction of sp³-hybridized carbons (Fsp3) is 0.0714. The molecule has 1 fully saturated rings. The minimum atomic E-state index is -0.857. The molecule has 1 aliphatic rings. The second kappa shape index (κ2) is 12.1. The molecule has 0 unspecified atom stereocenters. The quantitative estimate of drug-likeness (QED) is 0.142. The summed E-state index contributed by atoms with van der Waals surface area (Å²) in [4.78, 5) is 58.8. The van der Waals surface area contributed by atoms with Crippen LogP contribution in [-0.4, -0.2) is 51.5 Å². The molecule has 212 valence electrons. The van der Waals surface area contributed by atoms with Gasteiger partial charge in [-0.2, -0.15) is 9.37 Å². The number of nitrogens with zero attached hydrogens (tertiary/aromatic N) is 3. The highest BCUT2D eigenvalue weighted by Gasteiger charge is 2.36. The Labute approximate surface area is 251 Å². The minimum absolute atomic E-state index is 0.00895. The average Bonchev–Trinajstić information content (AvgIpc) is 3.23. The third kappa shape index (κ3) is 6.05. The molecule has 1 aliphatic heterocycles. The van der Waals surface area contributed by atoms with E-state index in [2.05, 4.69) is 20.0 Å². The van der Waals surface area contributed by atoms with Gasteiger partial charge in [0.2, 0.25) is 17.0 Å². The van der Waals surface area contributed by atoms with Gasteiger partial charge in [0, 0.05) is 11.3 Å². The number of methoxy groups -OCH3 is 1. The molecule has 0 atom stereocenters. The van der Waals surface area contributed by atoms with Gasteiger partial charge >= 0.3 is 5.97 Å².